The molecule has 0 bridgehead atoms. The van der Waals surface area contributed by atoms with Crippen molar-refractivity contribution in [1.29, 1.82) is 0 Å². The van der Waals surface area contributed by atoms with Gasteiger partial charge >= 0.3 is 0 Å². The minimum absolute atomic E-state index is 0.514. The molecule has 0 unspecified atom stereocenters. The molecule has 4 heteroatoms. The van der Waals surface area contributed by atoms with Gasteiger partial charge in [0, 0.05) is 31.9 Å². The average Bonchev–Trinajstić information content (AvgIpc) is 2.55. The molecule has 2 heterocycles. The molecule has 1 aromatic heterocycles. The fraction of sp³-hybridized carbons (Fsp3) is 0.412. The van der Waals surface area contributed by atoms with E-state index >= 15 is 0 Å². The van der Waals surface area contributed by atoms with E-state index in [1.807, 2.05) is 12.1 Å². The third-order valence-electron chi connectivity index (χ3n) is 4.15. The Balaban J connectivity index is 1.58. The van der Waals surface area contributed by atoms with Gasteiger partial charge in [0.25, 0.3) is 0 Å². The molecule has 0 saturated carbocycles. The van der Waals surface area contributed by atoms with E-state index < -0.39 is 0 Å². The van der Waals surface area contributed by atoms with Crippen molar-refractivity contribution in [1.82, 2.24) is 15.5 Å². The molecular weight excluding hydrogens is 260 g/mol. The first-order chi connectivity index (χ1) is 10.3. The summed E-state index contributed by atoms with van der Waals surface area (Å²) in [7, 11) is 0. The van der Waals surface area contributed by atoms with Crippen molar-refractivity contribution >= 4 is 5.82 Å². The van der Waals surface area contributed by atoms with E-state index in [1.165, 1.54) is 24.0 Å². The van der Waals surface area contributed by atoms with Gasteiger partial charge in [-0.3, -0.25) is 0 Å². The van der Waals surface area contributed by atoms with Gasteiger partial charge in [-0.05, 0) is 43.0 Å². The van der Waals surface area contributed by atoms with Crippen LogP contribution in [0.3, 0.4) is 0 Å². The van der Waals surface area contributed by atoms with E-state index in [0.29, 0.717) is 6.04 Å². The Morgan fingerprint density at radius 2 is 2.14 bits per heavy atom. The maximum absolute atomic E-state index is 4.22. The molecule has 1 aromatic carbocycles. The summed E-state index contributed by atoms with van der Waals surface area (Å²) < 4.78 is 0. The maximum Gasteiger partial charge on any atom is 0.151 e. The minimum atomic E-state index is 0.514. The van der Waals surface area contributed by atoms with E-state index in [4.69, 9.17) is 0 Å². The van der Waals surface area contributed by atoms with E-state index in [0.717, 1.165) is 25.5 Å². The lowest BCUT2D eigenvalue weighted by atomic mass is 10.0. The Bertz CT molecular complexity index is 570. The van der Waals surface area contributed by atoms with Crippen molar-refractivity contribution in [2.24, 2.45) is 0 Å². The van der Waals surface area contributed by atoms with Crippen molar-refractivity contribution in [2.75, 3.05) is 18.0 Å². The molecule has 1 N–H and O–H groups in total. The van der Waals surface area contributed by atoms with Crippen LogP contribution in [0.2, 0.25) is 0 Å². The normalized spacial score (nSPS) is 18.7. The molecule has 0 amide bonds. The molecule has 2 aromatic rings. The Morgan fingerprint density at radius 3 is 2.95 bits per heavy atom. The van der Waals surface area contributed by atoms with Crippen LogP contribution in [0.4, 0.5) is 5.82 Å². The summed E-state index contributed by atoms with van der Waals surface area (Å²) >= 11 is 0. The van der Waals surface area contributed by atoms with Crippen LogP contribution in [-0.2, 0) is 6.54 Å². The van der Waals surface area contributed by atoms with Crippen molar-refractivity contribution in [3.05, 3.63) is 53.7 Å². The topological polar surface area (TPSA) is 41.0 Å². The second kappa shape index (κ2) is 6.68. The molecule has 1 fully saturated rings. The van der Waals surface area contributed by atoms with Crippen molar-refractivity contribution < 1.29 is 0 Å². The van der Waals surface area contributed by atoms with Crippen LogP contribution in [0.15, 0.2) is 42.6 Å². The predicted octanol–water partition coefficient (Wildman–Crippen LogP) is 2.54. The quantitative estimate of drug-likeness (QED) is 0.935. The van der Waals surface area contributed by atoms with Crippen LogP contribution in [0.5, 0.6) is 0 Å². The third kappa shape index (κ3) is 3.58. The van der Waals surface area contributed by atoms with E-state index in [2.05, 4.69) is 51.6 Å². The standard InChI is InChI=1S/C17H22N4/c1-14-6-2-3-7-15(14)12-18-16-8-5-11-21(13-16)17-9-4-10-19-20-17/h2-4,6-7,9-10,16,18H,5,8,11-13H2,1H3/t16-/m0/s1. The minimum Gasteiger partial charge on any atom is -0.354 e. The molecular formula is C17H22N4. The highest BCUT2D eigenvalue weighted by Gasteiger charge is 2.20. The molecule has 0 aliphatic carbocycles. The summed E-state index contributed by atoms with van der Waals surface area (Å²) in [5.41, 5.74) is 2.74. The first-order valence-electron chi connectivity index (χ1n) is 7.63. The number of nitrogens with zero attached hydrogens (tertiary/aromatic N) is 3. The molecule has 21 heavy (non-hydrogen) atoms. The second-order valence-corrected chi connectivity index (χ2v) is 5.67. The zero-order chi connectivity index (χ0) is 14.5. The highest BCUT2D eigenvalue weighted by Crippen LogP contribution is 2.17. The van der Waals surface area contributed by atoms with Crippen LogP contribution in [0.1, 0.15) is 24.0 Å². The lowest BCUT2D eigenvalue weighted by molar-refractivity contribution is 0.419. The van der Waals surface area contributed by atoms with Crippen molar-refractivity contribution in [2.45, 2.75) is 32.4 Å². The first-order valence-corrected chi connectivity index (χ1v) is 7.63. The van der Waals surface area contributed by atoms with Crippen molar-refractivity contribution in [3.8, 4) is 0 Å². The molecule has 1 saturated heterocycles. The van der Waals surface area contributed by atoms with Gasteiger partial charge in [-0.15, -0.1) is 5.10 Å². The van der Waals surface area contributed by atoms with Gasteiger partial charge in [0.2, 0.25) is 0 Å². The van der Waals surface area contributed by atoms with E-state index in [-0.39, 0.29) is 0 Å². The maximum atomic E-state index is 4.22. The monoisotopic (exact) mass is 282 g/mol. The zero-order valence-electron chi connectivity index (χ0n) is 12.5. The molecule has 1 aliphatic rings. The van der Waals surface area contributed by atoms with Crippen molar-refractivity contribution in [3.63, 3.8) is 0 Å². The fourth-order valence-electron chi connectivity index (χ4n) is 2.88. The predicted molar refractivity (Wildman–Crippen MR) is 85.3 cm³/mol. The van der Waals surface area contributed by atoms with Crippen LogP contribution in [0.25, 0.3) is 0 Å². The van der Waals surface area contributed by atoms with Gasteiger partial charge in [-0.25, -0.2) is 0 Å². The smallest absolute Gasteiger partial charge is 0.151 e. The molecule has 0 spiro atoms. The third-order valence-corrected chi connectivity index (χ3v) is 4.15. The summed E-state index contributed by atoms with van der Waals surface area (Å²) in [5.74, 6) is 0.986. The number of nitrogens with one attached hydrogen (secondary N) is 1. The lowest BCUT2D eigenvalue weighted by Crippen LogP contribution is -2.45. The molecule has 1 aliphatic heterocycles. The van der Waals surface area contributed by atoms with Gasteiger partial charge in [0.05, 0.1) is 0 Å². The summed E-state index contributed by atoms with van der Waals surface area (Å²) in [6.07, 6.45) is 4.14. The molecule has 4 nitrogen and oxygen atoms in total. The summed E-state index contributed by atoms with van der Waals surface area (Å²) in [5, 5.41) is 11.9. The first kappa shape index (κ1) is 14.0. The van der Waals surface area contributed by atoms with Crippen LogP contribution in [-0.4, -0.2) is 29.3 Å². The zero-order valence-corrected chi connectivity index (χ0v) is 12.5. The number of rotatable bonds is 4. The summed E-state index contributed by atoms with van der Waals surface area (Å²) in [6.45, 7) is 5.18. The van der Waals surface area contributed by atoms with Gasteiger partial charge < -0.3 is 10.2 Å². The Labute approximate surface area is 126 Å². The number of hydrogen-bond acceptors (Lipinski definition) is 4. The molecule has 1 atom stereocenters. The number of hydrogen-bond donors (Lipinski definition) is 1. The molecule has 110 valence electrons. The fourth-order valence-corrected chi connectivity index (χ4v) is 2.88. The average molecular weight is 282 g/mol. The number of benzene rings is 1. The highest BCUT2D eigenvalue weighted by molar-refractivity contribution is 5.37. The van der Waals surface area contributed by atoms with E-state index in [9.17, 15) is 0 Å². The van der Waals surface area contributed by atoms with Gasteiger partial charge in [-0.2, -0.15) is 5.10 Å². The van der Waals surface area contributed by atoms with Crippen LogP contribution < -0.4 is 10.2 Å². The van der Waals surface area contributed by atoms with Gasteiger partial charge in [0.15, 0.2) is 5.82 Å². The Morgan fingerprint density at radius 1 is 1.24 bits per heavy atom. The van der Waals surface area contributed by atoms with Crippen LogP contribution in [0, 0.1) is 6.92 Å². The highest BCUT2D eigenvalue weighted by atomic mass is 15.3. The Kier molecular flexibility index (Phi) is 4.46. The van der Waals surface area contributed by atoms with Gasteiger partial charge in [0.1, 0.15) is 0 Å². The van der Waals surface area contributed by atoms with Gasteiger partial charge in [-0.1, -0.05) is 24.3 Å². The largest absolute Gasteiger partial charge is 0.354 e. The number of aromatic nitrogens is 2. The second-order valence-electron chi connectivity index (χ2n) is 5.67. The summed E-state index contributed by atoms with van der Waals surface area (Å²) in [6, 6.07) is 13.1. The van der Waals surface area contributed by atoms with E-state index in [1.54, 1.807) is 6.20 Å². The molecule has 3 rings (SSSR count). The summed E-state index contributed by atoms with van der Waals surface area (Å²) in [4.78, 5) is 2.33. The SMILES string of the molecule is Cc1ccccc1CN[C@H]1CCCN(c2cccnn2)C1. The number of aryl methyl sites for hydroxylation is 1. The lowest BCUT2D eigenvalue weighted by Gasteiger charge is -2.33. The Hall–Kier alpha value is -1.94. The number of anilines is 1. The number of piperidine rings is 1. The van der Waals surface area contributed by atoms with Crippen LogP contribution >= 0.6 is 0 Å². The molecule has 0 radical (unpaired) electrons.